The van der Waals surface area contributed by atoms with E-state index < -0.39 is 0 Å². The molecule has 0 aliphatic heterocycles. The molecule has 2 fully saturated rings. The Balaban J connectivity index is 1.52. The maximum Gasteiger partial charge on any atom is 0.0543 e. The van der Waals surface area contributed by atoms with Crippen molar-refractivity contribution in [3.05, 3.63) is 22.8 Å². The molecule has 4 aliphatic rings. The first kappa shape index (κ1) is 22.6. The fraction of sp³-hybridized carbons (Fsp3) is 0.862. The maximum absolute atomic E-state index is 10.3. The van der Waals surface area contributed by atoms with E-state index in [1.807, 2.05) is 11.1 Å². The summed E-state index contributed by atoms with van der Waals surface area (Å²) in [4.78, 5) is 0. The van der Waals surface area contributed by atoms with Crippen molar-refractivity contribution in [3.63, 3.8) is 0 Å². The lowest BCUT2D eigenvalue weighted by atomic mass is 9.50. The summed E-state index contributed by atoms with van der Waals surface area (Å²) in [6.45, 7) is 14.7. The van der Waals surface area contributed by atoms with Crippen LogP contribution in [0.15, 0.2) is 22.8 Å². The van der Waals surface area contributed by atoms with Crippen molar-refractivity contribution in [3.8, 4) is 0 Å². The lowest BCUT2D eigenvalue weighted by Crippen LogP contribution is -2.45. The SMILES string of the molecule is CC=C(CCC(C)C1CCC2C3=C(CCC21C)C1(C)CCC(O)CC1CC3)C(C)C. The number of allylic oxidation sites excluding steroid dienone is 4. The van der Waals surface area contributed by atoms with E-state index in [9.17, 15) is 5.11 Å². The molecule has 4 aliphatic carbocycles. The molecule has 2 saturated carbocycles. The van der Waals surface area contributed by atoms with Crippen molar-refractivity contribution in [1.29, 1.82) is 0 Å². The Bertz CT molecular complexity index is 699. The zero-order valence-corrected chi connectivity index (χ0v) is 20.8. The van der Waals surface area contributed by atoms with E-state index in [2.05, 4.69) is 47.6 Å². The molecular formula is C29H48O. The van der Waals surface area contributed by atoms with Crippen LogP contribution in [0.3, 0.4) is 0 Å². The first-order chi connectivity index (χ1) is 14.2. The molecule has 0 radical (unpaired) electrons. The molecule has 7 atom stereocenters. The minimum absolute atomic E-state index is 0.0382. The fourth-order valence-corrected chi connectivity index (χ4v) is 8.78. The van der Waals surface area contributed by atoms with Crippen molar-refractivity contribution in [2.24, 2.45) is 40.4 Å². The van der Waals surface area contributed by atoms with Crippen LogP contribution in [0.25, 0.3) is 0 Å². The van der Waals surface area contributed by atoms with Gasteiger partial charge in [0.2, 0.25) is 0 Å². The number of aliphatic hydroxyl groups is 1. The summed E-state index contributed by atoms with van der Waals surface area (Å²) in [7, 11) is 0. The van der Waals surface area contributed by atoms with Gasteiger partial charge < -0.3 is 5.11 Å². The Morgan fingerprint density at radius 2 is 1.83 bits per heavy atom. The molecule has 4 rings (SSSR count). The predicted octanol–water partition coefficient (Wildman–Crippen LogP) is 8.09. The third-order valence-electron chi connectivity index (χ3n) is 10.7. The highest BCUT2D eigenvalue weighted by atomic mass is 16.3. The smallest absolute Gasteiger partial charge is 0.0543 e. The standard InChI is InChI=1S/C29H48O/c1-7-21(19(2)3)9-8-20(4)25-12-13-26-24-11-10-22-18-23(30)14-16-28(22,5)27(24)15-17-29(25,26)6/h7,19-20,22-23,25-26,30H,8-18H2,1-6H3. The second-order valence-corrected chi connectivity index (χ2v) is 12.4. The maximum atomic E-state index is 10.3. The van der Waals surface area contributed by atoms with Crippen LogP contribution in [0.1, 0.15) is 112 Å². The summed E-state index contributed by atoms with van der Waals surface area (Å²) in [5, 5.41) is 10.3. The average Bonchev–Trinajstić information content (AvgIpc) is 3.06. The number of fused-ring (bicyclic) bond motifs is 4. The molecule has 0 heterocycles. The zero-order valence-electron chi connectivity index (χ0n) is 20.8. The predicted molar refractivity (Wildman–Crippen MR) is 128 cm³/mol. The van der Waals surface area contributed by atoms with Gasteiger partial charge in [0.1, 0.15) is 0 Å². The van der Waals surface area contributed by atoms with Crippen molar-refractivity contribution < 1.29 is 5.11 Å². The average molecular weight is 413 g/mol. The van der Waals surface area contributed by atoms with E-state index in [4.69, 9.17) is 0 Å². The lowest BCUT2D eigenvalue weighted by Gasteiger charge is -2.55. The Morgan fingerprint density at radius 3 is 2.53 bits per heavy atom. The minimum Gasteiger partial charge on any atom is -0.393 e. The number of rotatable bonds is 5. The first-order valence-electron chi connectivity index (χ1n) is 13.3. The van der Waals surface area contributed by atoms with Crippen LogP contribution in [-0.2, 0) is 0 Å². The number of aliphatic hydroxyl groups excluding tert-OH is 1. The van der Waals surface area contributed by atoms with Crippen molar-refractivity contribution in [2.45, 2.75) is 118 Å². The second kappa shape index (κ2) is 8.42. The van der Waals surface area contributed by atoms with Gasteiger partial charge in [0.15, 0.2) is 0 Å². The van der Waals surface area contributed by atoms with Gasteiger partial charge in [-0.3, -0.25) is 0 Å². The molecule has 1 nitrogen and oxygen atoms in total. The van der Waals surface area contributed by atoms with Crippen LogP contribution in [0.4, 0.5) is 0 Å². The van der Waals surface area contributed by atoms with Gasteiger partial charge in [0, 0.05) is 0 Å². The van der Waals surface area contributed by atoms with Crippen molar-refractivity contribution >= 4 is 0 Å². The van der Waals surface area contributed by atoms with Gasteiger partial charge in [0.05, 0.1) is 6.10 Å². The van der Waals surface area contributed by atoms with Crippen LogP contribution >= 0.6 is 0 Å². The fourth-order valence-electron chi connectivity index (χ4n) is 8.78. The summed E-state index contributed by atoms with van der Waals surface area (Å²) < 4.78 is 0. The lowest BCUT2D eigenvalue weighted by molar-refractivity contribution is 0.0133. The van der Waals surface area contributed by atoms with E-state index in [1.165, 1.54) is 57.8 Å². The molecule has 0 amide bonds. The molecular weight excluding hydrogens is 364 g/mol. The minimum atomic E-state index is -0.0382. The molecule has 0 spiro atoms. The van der Waals surface area contributed by atoms with Gasteiger partial charge in [-0.25, -0.2) is 0 Å². The van der Waals surface area contributed by atoms with Crippen LogP contribution < -0.4 is 0 Å². The molecule has 1 N–H and O–H groups in total. The molecule has 0 aromatic rings. The molecule has 1 heteroatoms. The Morgan fingerprint density at radius 1 is 1.07 bits per heavy atom. The van der Waals surface area contributed by atoms with Crippen molar-refractivity contribution in [1.82, 2.24) is 0 Å². The normalized spacial score (nSPS) is 42.7. The van der Waals surface area contributed by atoms with E-state index in [0.717, 1.165) is 36.5 Å². The molecule has 7 unspecified atom stereocenters. The van der Waals surface area contributed by atoms with Gasteiger partial charge in [-0.2, -0.15) is 0 Å². The Kier molecular flexibility index (Phi) is 6.35. The van der Waals surface area contributed by atoms with Crippen LogP contribution in [0.5, 0.6) is 0 Å². The van der Waals surface area contributed by atoms with Crippen LogP contribution in [-0.4, -0.2) is 11.2 Å². The monoisotopic (exact) mass is 412 g/mol. The Hall–Kier alpha value is -0.560. The summed E-state index contributed by atoms with van der Waals surface area (Å²) in [5.74, 6) is 4.02. The molecule has 30 heavy (non-hydrogen) atoms. The summed E-state index contributed by atoms with van der Waals surface area (Å²) >= 11 is 0. The zero-order chi connectivity index (χ0) is 21.7. The number of hydrogen-bond donors (Lipinski definition) is 1. The molecule has 0 aromatic carbocycles. The summed E-state index contributed by atoms with van der Waals surface area (Å²) in [5.41, 5.74) is 6.36. The van der Waals surface area contributed by atoms with Gasteiger partial charge in [0.25, 0.3) is 0 Å². The van der Waals surface area contributed by atoms with Gasteiger partial charge >= 0.3 is 0 Å². The Labute approximate surface area is 186 Å². The molecule has 0 aromatic heterocycles. The van der Waals surface area contributed by atoms with Crippen LogP contribution in [0.2, 0.25) is 0 Å². The highest BCUT2D eigenvalue weighted by Crippen LogP contribution is 2.66. The quantitative estimate of drug-likeness (QED) is 0.452. The molecule has 0 saturated heterocycles. The molecule has 170 valence electrons. The van der Waals surface area contributed by atoms with Crippen molar-refractivity contribution in [2.75, 3.05) is 0 Å². The molecule has 0 bridgehead atoms. The van der Waals surface area contributed by atoms with Crippen LogP contribution in [0, 0.1) is 40.4 Å². The highest BCUT2D eigenvalue weighted by molar-refractivity contribution is 5.34. The number of hydrogen-bond acceptors (Lipinski definition) is 1. The second-order valence-electron chi connectivity index (χ2n) is 12.4. The van der Waals surface area contributed by atoms with Gasteiger partial charge in [-0.1, -0.05) is 57.4 Å². The van der Waals surface area contributed by atoms with E-state index in [-0.39, 0.29) is 6.10 Å². The highest BCUT2D eigenvalue weighted by Gasteiger charge is 2.55. The largest absolute Gasteiger partial charge is 0.393 e. The van der Waals surface area contributed by atoms with E-state index in [1.54, 1.807) is 5.57 Å². The summed E-state index contributed by atoms with van der Waals surface area (Å²) in [6.07, 6.45) is 16.6. The van der Waals surface area contributed by atoms with E-state index in [0.29, 0.717) is 16.7 Å². The third-order valence-corrected chi connectivity index (χ3v) is 10.7. The third kappa shape index (κ3) is 3.66. The van der Waals surface area contributed by atoms with E-state index >= 15 is 0 Å². The first-order valence-corrected chi connectivity index (χ1v) is 13.3. The van der Waals surface area contributed by atoms with Gasteiger partial charge in [-0.15, -0.1) is 0 Å². The topological polar surface area (TPSA) is 20.2 Å². The van der Waals surface area contributed by atoms with Gasteiger partial charge in [-0.05, 0) is 118 Å². The summed E-state index contributed by atoms with van der Waals surface area (Å²) in [6, 6.07) is 0.